The second-order valence-electron chi connectivity index (χ2n) is 16.8. The summed E-state index contributed by atoms with van der Waals surface area (Å²) < 4.78 is 11.1. The number of ether oxygens (including phenoxy) is 2. The van der Waals surface area contributed by atoms with Gasteiger partial charge in [0, 0.05) is 32.2 Å². The number of para-hydroxylation sites is 1. The third kappa shape index (κ3) is 12.8. The number of β-lactam (4-membered cyclic amide) rings is 1. The number of rotatable bonds is 22. The van der Waals surface area contributed by atoms with Crippen molar-refractivity contribution in [3.8, 4) is 23.0 Å². The van der Waals surface area contributed by atoms with Gasteiger partial charge in [-0.3, -0.25) is 38.9 Å². The minimum Gasteiger partial charge on any atom is -0.504 e. The number of carboxylic acid groups (broad SMARTS) is 1. The van der Waals surface area contributed by atoms with Crippen molar-refractivity contribution in [2.24, 2.45) is 4.99 Å². The number of carboxylic acids is 1. The van der Waals surface area contributed by atoms with Crippen LogP contribution in [0.4, 0.5) is 0 Å². The minimum atomic E-state index is -1.53. The van der Waals surface area contributed by atoms with Gasteiger partial charge in [-0.15, -0.1) is 11.8 Å². The number of aliphatic carboxylic acids is 1. The molecule has 72 heavy (non-hydrogen) atoms. The Balaban J connectivity index is 1.06. The number of benzene rings is 3. The first kappa shape index (κ1) is 53.8. The summed E-state index contributed by atoms with van der Waals surface area (Å²) in [5, 5.41) is 71.0. The van der Waals surface area contributed by atoms with Crippen LogP contribution in [0.5, 0.6) is 23.0 Å². The molecule has 23 nitrogen and oxygen atoms in total. The molecule has 1 saturated heterocycles. The van der Waals surface area contributed by atoms with Gasteiger partial charge in [-0.1, -0.05) is 48.0 Å². The van der Waals surface area contributed by atoms with Gasteiger partial charge >= 0.3 is 11.9 Å². The molecular formula is C47H52ClN7O16S. The Kier molecular flexibility index (Phi) is 17.9. The summed E-state index contributed by atoms with van der Waals surface area (Å²) in [5.41, 5.74) is 0.0934. The third-order valence-corrected chi connectivity index (χ3v) is 13.3. The number of esters is 1. The van der Waals surface area contributed by atoms with Crippen molar-refractivity contribution in [2.45, 2.75) is 88.0 Å². The van der Waals surface area contributed by atoms with Crippen molar-refractivity contribution in [3.05, 3.63) is 93.6 Å². The molecule has 0 radical (unpaired) electrons. The maximum Gasteiger partial charge on any atom is 0.353 e. The zero-order chi connectivity index (χ0) is 52.4. The summed E-state index contributed by atoms with van der Waals surface area (Å²) in [5.74, 6) is -9.16. The van der Waals surface area contributed by atoms with E-state index >= 15 is 0 Å². The number of amides is 6. The molecule has 6 rings (SSSR count). The van der Waals surface area contributed by atoms with E-state index in [1.807, 2.05) is 0 Å². The van der Waals surface area contributed by atoms with Crippen molar-refractivity contribution in [1.29, 1.82) is 0 Å². The lowest BCUT2D eigenvalue weighted by Crippen LogP contribution is -2.71. The van der Waals surface area contributed by atoms with Crippen LogP contribution in [-0.4, -0.2) is 149 Å². The Labute approximate surface area is 420 Å². The van der Waals surface area contributed by atoms with E-state index in [0.29, 0.717) is 41.9 Å². The predicted octanol–water partition coefficient (Wildman–Crippen LogP) is 2.02. The van der Waals surface area contributed by atoms with E-state index in [4.69, 9.17) is 21.1 Å². The number of aryl methyl sites for hydroxylation is 1. The van der Waals surface area contributed by atoms with E-state index in [1.165, 1.54) is 49.9 Å². The van der Waals surface area contributed by atoms with Gasteiger partial charge in [0.2, 0.25) is 35.4 Å². The summed E-state index contributed by atoms with van der Waals surface area (Å²) >= 11 is 7.27. The molecule has 25 heteroatoms. The molecule has 0 spiro atoms. The zero-order valence-electron chi connectivity index (χ0n) is 38.7. The number of phenols is 4. The fourth-order valence-electron chi connectivity index (χ4n) is 7.76. The molecule has 0 aromatic heterocycles. The first-order chi connectivity index (χ1) is 34.3. The molecule has 0 bridgehead atoms. The number of fused-ring (bicyclic) bond motifs is 1. The number of hydroxylamine groups is 2. The van der Waals surface area contributed by atoms with Gasteiger partial charge in [-0.2, -0.15) is 0 Å². The van der Waals surface area contributed by atoms with E-state index in [9.17, 15) is 69.1 Å². The topological polar surface area (TPSA) is 343 Å². The average molecular weight is 1040 g/mol. The van der Waals surface area contributed by atoms with Crippen LogP contribution in [0.2, 0.25) is 0 Å². The summed E-state index contributed by atoms with van der Waals surface area (Å²) in [6.07, 6.45) is 0.508. The first-order valence-electron chi connectivity index (χ1n) is 22.5. The number of hydrogen-bond donors (Lipinski definition) is 10. The Morgan fingerprint density at radius 2 is 1.67 bits per heavy atom. The molecule has 3 aromatic rings. The van der Waals surface area contributed by atoms with Gasteiger partial charge in [0.1, 0.15) is 47.5 Å². The molecule has 3 aliphatic heterocycles. The first-order valence-corrected chi connectivity index (χ1v) is 23.9. The molecule has 0 aliphatic carbocycles. The summed E-state index contributed by atoms with van der Waals surface area (Å²) in [7, 11) is 0. The fraction of sp³-hybridized carbons (Fsp3) is 0.383. The van der Waals surface area contributed by atoms with Gasteiger partial charge in [0.05, 0.1) is 10.6 Å². The number of unbranched alkanes of at least 4 members (excludes halogenated alkanes) is 2. The highest BCUT2D eigenvalue weighted by molar-refractivity contribution is 8.00. The SMILES string of the molecule is CC(=O)N(O)CCCCNC(=O)[C@H](COC(=O)c1cccc(O)c1O)NC(=O)[C@H]1N=C(c2cc(CCCCC(=O)N[C@@H](C(=O)N[C@@H]3C(=O)N4C(C(=O)O)=C(Cl)CS[C@H]34)c3ccccc3)cc(O)c2O)O[C@@H]1C. The lowest BCUT2D eigenvalue weighted by atomic mass is 10.0. The van der Waals surface area contributed by atoms with Crippen molar-refractivity contribution < 1.29 is 78.6 Å². The van der Waals surface area contributed by atoms with Crippen LogP contribution in [0.1, 0.15) is 79.0 Å². The number of nitrogens with one attached hydrogen (secondary N) is 4. The molecule has 3 aliphatic rings. The van der Waals surface area contributed by atoms with Crippen molar-refractivity contribution in [1.82, 2.24) is 31.2 Å². The van der Waals surface area contributed by atoms with Crippen molar-refractivity contribution >= 4 is 76.6 Å². The molecule has 6 amide bonds. The lowest BCUT2D eigenvalue weighted by molar-refractivity contribution is -0.162. The number of aliphatic imine (C=N–C) groups is 1. The second-order valence-corrected chi connectivity index (χ2v) is 18.3. The van der Waals surface area contributed by atoms with Crippen LogP contribution in [-0.2, 0) is 49.5 Å². The number of halogens is 1. The van der Waals surface area contributed by atoms with Crippen LogP contribution in [0.3, 0.4) is 0 Å². The van der Waals surface area contributed by atoms with Crippen molar-refractivity contribution in [2.75, 3.05) is 25.4 Å². The number of nitrogens with zero attached hydrogens (tertiary/aromatic N) is 3. The highest BCUT2D eigenvalue weighted by atomic mass is 35.5. The molecule has 10 N–H and O–H groups in total. The Morgan fingerprint density at radius 1 is 0.931 bits per heavy atom. The van der Waals surface area contributed by atoms with E-state index in [0.717, 1.165) is 11.0 Å². The van der Waals surface area contributed by atoms with E-state index in [1.54, 1.807) is 30.3 Å². The van der Waals surface area contributed by atoms with Gasteiger partial charge < -0.3 is 56.3 Å². The fourth-order valence-corrected chi connectivity index (χ4v) is 9.31. The van der Waals surface area contributed by atoms with Crippen LogP contribution in [0, 0.1) is 0 Å². The average Bonchev–Trinajstić information content (AvgIpc) is 3.74. The van der Waals surface area contributed by atoms with Crippen molar-refractivity contribution in [3.63, 3.8) is 0 Å². The maximum absolute atomic E-state index is 13.7. The highest BCUT2D eigenvalue weighted by Crippen LogP contribution is 2.41. The van der Waals surface area contributed by atoms with Gasteiger partial charge in [0.15, 0.2) is 29.0 Å². The Morgan fingerprint density at radius 3 is 2.38 bits per heavy atom. The second kappa shape index (κ2) is 24.0. The smallest absolute Gasteiger partial charge is 0.353 e. The zero-order valence-corrected chi connectivity index (χ0v) is 40.3. The van der Waals surface area contributed by atoms with Crippen LogP contribution < -0.4 is 21.3 Å². The Hall–Kier alpha value is -7.57. The largest absolute Gasteiger partial charge is 0.504 e. The molecular weight excluding hydrogens is 986 g/mol. The van der Waals surface area contributed by atoms with Crippen LogP contribution in [0.25, 0.3) is 0 Å². The minimum absolute atomic E-state index is 0.00411. The third-order valence-electron chi connectivity index (χ3n) is 11.6. The number of hydrogen-bond acceptors (Lipinski definition) is 17. The van der Waals surface area contributed by atoms with Crippen LogP contribution in [0.15, 0.2) is 76.4 Å². The predicted molar refractivity (Wildman–Crippen MR) is 254 cm³/mol. The monoisotopic (exact) mass is 1040 g/mol. The molecule has 0 unspecified atom stereocenters. The number of aromatic hydroxyl groups is 4. The molecule has 1 fully saturated rings. The highest BCUT2D eigenvalue weighted by Gasteiger charge is 2.54. The van der Waals surface area contributed by atoms with E-state index in [-0.39, 0.29) is 53.9 Å². The molecule has 384 valence electrons. The van der Waals surface area contributed by atoms with E-state index < -0.39 is 118 Å². The molecule has 0 saturated carbocycles. The number of carbonyl (C=O) groups is 8. The summed E-state index contributed by atoms with van der Waals surface area (Å²) in [6.45, 7) is 1.95. The standard InChI is InChI=1S/C47H52ClN7O16S/c1-23-34(41(63)50-30(40(62)49-17-8-9-18-54(69)24(2)56)21-70-47(68)27-14-10-15-31(57)38(27)60)53-43(71-23)28-19-25(20-32(58)39(28)61)11-6-7-16-33(59)51-35(26-12-4-3-5-13-26)42(64)52-36-44(65)55-37(46(66)67)29(48)22-72-45(36)55/h3-5,10,12-15,19-20,23,30,34-36,45,57-58,60-61,69H,6-9,11,16-18,21-22H2,1-2H3,(H,49,62)(H,50,63)(H,51,59)(H,52,64)(H,66,67)/t23-,30+,34+,35-,36-,45-/m1/s1. The van der Waals surface area contributed by atoms with Crippen LogP contribution >= 0.6 is 23.4 Å². The van der Waals surface area contributed by atoms with Gasteiger partial charge in [-0.05, 0) is 74.4 Å². The van der Waals surface area contributed by atoms with Gasteiger partial charge in [-0.25, -0.2) is 19.6 Å². The Bertz CT molecular complexity index is 2670. The normalized spacial score (nSPS) is 18.8. The number of thioether (sulfide) groups is 1. The molecule has 3 heterocycles. The molecule has 3 aromatic carbocycles. The number of carbonyl (C=O) groups excluding carboxylic acids is 7. The van der Waals surface area contributed by atoms with Gasteiger partial charge in [0.25, 0.3) is 5.91 Å². The lowest BCUT2D eigenvalue weighted by Gasteiger charge is -2.49. The maximum atomic E-state index is 13.7. The molecule has 6 atom stereocenters. The quantitative estimate of drug-likeness (QED) is 0.0172. The summed E-state index contributed by atoms with van der Waals surface area (Å²) in [6, 6.07) is 9.57. The number of phenolic OH excluding ortho intramolecular Hbond substituents is 4. The van der Waals surface area contributed by atoms with E-state index in [2.05, 4.69) is 26.3 Å². The summed E-state index contributed by atoms with van der Waals surface area (Å²) in [4.78, 5) is 108.